The maximum atomic E-state index is 4.06. The third-order valence-electron chi connectivity index (χ3n) is 3.78. The second kappa shape index (κ2) is 6.12. The number of nitrogens with zero attached hydrogens (tertiary/aromatic N) is 3. The normalized spacial score (nSPS) is 20.4. The van der Waals surface area contributed by atoms with E-state index in [0.717, 1.165) is 12.6 Å². The molecule has 1 aromatic rings. The van der Waals surface area contributed by atoms with Crippen molar-refractivity contribution in [3.8, 4) is 0 Å². The maximum Gasteiger partial charge on any atom is 0.0271 e. The Morgan fingerprint density at radius 2 is 1.82 bits per heavy atom. The van der Waals surface area contributed by atoms with Gasteiger partial charge < -0.3 is 0 Å². The van der Waals surface area contributed by atoms with Crippen molar-refractivity contribution in [3.63, 3.8) is 0 Å². The molecule has 94 valence electrons. The van der Waals surface area contributed by atoms with E-state index in [0.29, 0.717) is 0 Å². The third-order valence-corrected chi connectivity index (χ3v) is 3.78. The van der Waals surface area contributed by atoms with Crippen molar-refractivity contribution in [1.29, 1.82) is 0 Å². The Bertz CT molecular complexity index is 317. The van der Waals surface area contributed by atoms with Crippen LogP contribution in [0, 0.1) is 0 Å². The highest BCUT2D eigenvalue weighted by molar-refractivity contribution is 5.09. The van der Waals surface area contributed by atoms with Gasteiger partial charge in [0.05, 0.1) is 0 Å². The molecular weight excluding hydrogens is 210 g/mol. The summed E-state index contributed by atoms with van der Waals surface area (Å²) in [6.07, 6.45) is 5.01. The fourth-order valence-electron chi connectivity index (χ4n) is 2.37. The first kappa shape index (κ1) is 12.5. The second-order valence-corrected chi connectivity index (χ2v) is 4.92. The Kier molecular flexibility index (Phi) is 4.51. The zero-order valence-electron chi connectivity index (χ0n) is 11.0. The highest BCUT2D eigenvalue weighted by Crippen LogP contribution is 2.11. The lowest BCUT2D eigenvalue weighted by molar-refractivity contribution is 0.0963. The summed E-state index contributed by atoms with van der Waals surface area (Å²) in [6.45, 7) is 10.5. The Balaban J connectivity index is 1.80. The van der Waals surface area contributed by atoms with E-state index in [1.807, 2.05) is 12.4 Å². The van der Waals surface area contributed by atoms with Gasteiger partial charge in [-0.3, -0.25) is 14.8 Å². The molecule has 1 saturated heterocycles. The lowest BCUT2D eigenvalue weighted by atomic mass is 10.1. The number of rotatable bonds is 4. The van der Waals surface area contributed by atoms with Crippen molar-refractivity contribution in [2.24, 2.45) is 0 Å². The van der Waals surface area contributed by atoms with Crippen LogP contribution in [0.1, 0.15) is 25.8 Å². The average Bonchev–Trinajstić information content (AvgIpc) is 2.40. The predicted molar refractivity (Wildman–Crippen MR) is 70.8 cm³/mol. The van der Waals surface area contributed by atoms with Gasteiger partial charge >= 0.3 is 0 Å². The van der Waals surface area contributed by atoms with Gasteiger partial charge in [-0.25, -0.2) is 0 Å². The lowest BCUT2D eigenvalue weighted by Gasteiger charge is -2.37. The van der Waals surface area contributed by atoms with E-state index in [2.05, 4.69) is 40.8 Å². The maximum absolute atomic E-state index is 4.06. The Morgan fingerprint density at radius 1 is 1.18 bits per heavy atom. The molecule has 0 bridgehead atoms. The fraction of sp³-hybridized carbons (Fsp3) is 0.643. The van der Waals surface area contributed by atoms with Crippen LogP contribution in [0.2, 0.25) is 0 Å². The smallest absolute Gasteiger partial charge is 0.0271 e. The minimum Gasteiger partial charge on any atom is -0.298 e. The molecule has 1 aliphatic heterocycles. The van der Waals surface area contributed by atoms with Crippen LogP contribution in [-0.2, 0) is 6.54 Å². The zero-order chi connectivity index (χ0) is 12.1. The highest BCUT2D eigenvalue weighted by atomic mass is 15.3. The molecule has 0 N–H and O–H groups in total. The van der Waals surface area contributed by atoms with Crippen molar-refractivity contribution in [2.45, 2.75) is 32.9 Å². The first-order chi connectivity index (χ1) is 8.29. The summed E-state index contributed by atoms with van der Waals surface area (Å²) < 4.78 is 0. The highest BCUT2D eigenvalue weighted by Gasteiger charge is 2.19. The molecule has 3 heteroatoms. The lowest BCUT2D eigenvalue weighted by Crippen LogP contribution is -2.48. The molecule has 1 fully saturated rings. The van der Waals surface area contributed by atoms with E-state index in [4.69, 9.17) is 0 Å². The van der Waals surface area contributed by atoms with Gasteiger partial charge in [0.1, 0.15) is 0 Å². The van der Waals surface area contributed by atoms with Crippen molar-refractivity contribution in [2.75, 3.05) is 26.2 Å². The Morgan fingerprint density at radius 3 is 2.41 bits per heavy atom. The van der Waals surface area contributed by atoms with Crippen LogP contribution in [0.3, 0.4) is 0 Å². The van der Waals surface area contributed by atoms with E-state index in [9.17, 15) is 0 Å². The first-order valence-corrected chi connectivity index (χ1v) is 6.65. The molecule has 0 radical (unpaired) electrons. The first-order valence-electron chi connectivity index (χ1n) is 6.65. The second-order valence-electron chi connectivity index (χ2n) is 4.92. The topological polar surface area (TPSA) is 19.4 Å². The Labute approximate surface area is 104 Å². The summed E-state index contributed by atoms with van der Waals surface area (Å²) in [5, 5.41) is 0. The van der Waals surface area contributed by atoms with Crippen LogP contribution < -0.4 is 0 Å². The van der Waals surface area contributed by atoms with Crippen molar-refractivity contribution in [3.05, 3.63) is 30.1 Å². The largest absolute Gasteiger partial charge is 0.298 e. The van der Waals surface area contributed by atoms with Crippen LogP contribution in [0.25, 0.3) is 0 Å². The van der Waals surface area contributed by atoms with Gasteiger partial charge in [-0.15, -0.1) is 0 Å². The molecule has 1 aliphatic rings. The number of hydrogen-bond donors (Lipinski definition) is 0. The monoisotopic (exact) mass is 233 g/mol. The molecule has 1 unspecified atom stereocenters. The predicted octanol–water partition coefficient (Wildman–Crippen LogP) is 2.00. The molecule has 3 nitrogen and oxygen atoms in total. The zero-order valence-corrected chi connectivity index (χ0v) is 11.0. The molecule has 0 aromatic carbocycles. The van der Waals surface area contributed by atoms with Gasteiger partial charge in [0, 0.05) is 51.2 Å². The van der Waals surface area contributed by atoms with Gasteiger partial charge in [-0.05, 0) is 31.0 Å². The van der Waals surface area contributed by atoms with Crippen molar-refractivity contribution < 1.29 is 0 Å². The minimum atomic E-state index is 0.734. The third kappa shape index (κ3) is 3.51. The van der Waals surface area contributed by atoms with Crippen LogP contribution >= 0.6 is 0 Å². The molecule has 2 rings (SSSR count). The molecule has 0 spiro atoms. The molecule has 17 heavy (non-hydrogen) atoms. The van der Waals surface area contributed by atoms with Crippen molar-refractivity contribution >= 4 is 0 Å². The summed E-state index contributed by atoms with van der Waals surface area (Å²) in [5.74, 6) is 0. The average molecular weight is 233 g/mol. The number of pyridine rings is 1. The summed E-state index contributed by atoms with van der Waals surface area (Å²) in [4.78, 5) is 9.19. The quantitative estimate of drug-likeness (QED) is 0.793. The summed E-state index contributed by atoms with van der Waals surface area (Å²) in [5.41, 5.74) is 1.37. The van der Waals surface area contributed by atoms with Crippen molar-refractivity contribution in [1.82, 2.24) is 14.8 Å². The van der Waals surface area contributed by atoms with Gasteiger partial charge in [0.25, 0.3) is 0 Å². The summed E-state index contributed by atoms with van der Waals surface area (Å²) >= 11 is 0. The summed E-state index contributed by atoms with van der Waals surface area (Å²) in [7, 11) is 0. The van der Waals surface area contributed by atoms with E-state index in [-0.39, 0.29) is 0 Å². The minimum absolute atomic E-state index is 0.734. The Hall–Kier alpha value is -0.930. The number of hydrogen-bond acceptors (Lipinski definition) is 3. The summed E-state index contributed by atoms with van der Waals surface area (Å²) in [6, 6.07) is 4.96. The standard InChI is InChI=1S/C14H23N3/c1-3-13(2)17-10-8-16(9-11-17)12-14-4-6-15-7-5-14/h4-7,13H,3,8-12H2,1-2H3. The number of piperazine rings is 1. The van der Waals surface area contributed by atoms with E-state index < -0.39 is 0 Å². The molecule has 2 heterocycles. The van der Waals surface area contributed by atoms with Crippen LogP contribution in [0.15, 0.2) is 24.5 Å². The van der Waals surface area contributed by atoms with Gasteiger partial charge in [-0.2, -0.15) is 0 Å². The van der Waals surface area contributed by atoms with Gasteiger partial charge in [0.2, 0.25) is 0 Å². The van der Waals surface area contributed by atoms with Gasteiger partial charge in [0.15, 0.2) is 0 Å². The van der Waals surface area contributed by atoms with Crippen LogP contribution in [-0.4, -0.2) is 47.0 Å². The SMILES string of the molecule is CCC(C)N1CCN(Cc2ccncc2)CC1. The van der Waals surface area contributed by atoms with E-state index in [1.165, 1.54) is 38.2 Å². The number of aromatic nitrogens is 1. The molecule has 0 amide bonds. The van der Waals surface area contributed by atoms with Crippen LogP contribution in [0.5, 0.6) is 0 Å². The van der Waals surface area contributed by atoms with E-state index >= 15 is 0 Å². The molecule has 0 aliphatic carbocycles. The molecule has 1 aromatic heterocycles. The molecule has 0 saturated carbocycles. The van der Waals surface area contributed by atoms with Crippen LogP contribution in [0.4, 0.5) is 0 Å². The fourth-order valence-corrected chi connectivity index (χ4v) is 2.37. The van der Waals surface area contributed by atoms with E-state index in [1.54, 1.807) is 0 Å². The molecular formula is C14H23N3. The van der Waals surface area contributed by atoms with Gasteiger partial charge in [-0.1, -0.05) is 6.92 Å². The molecule has 1 atom stereocenters.